The molecule has 14 heavy (non-hydrogen) atoms. The van der Waals surface area contributed by atoms with Crippen LogP contribution in [0.3, 0.4) is 0 Å². The summed E-state index contributed by atoms with van der Waals surface area (Å²) in [5.74, 6) is 0. The first-order valence-corrected chi connectivity index (χ1v) is 5.35. The molecule has 1 aromatic carbocycles. The molecule has 0 radical (unpaired) electrons. The van der Waals surface area contributed by atoms with Crippen molar-refractivity contribution in [3.05, 3.63) is 24.3 Å². The van der Waals surface area contributed by atoms with Crippen LogP contribution >= 0.6 is 11.8 Å². The van der Waals surface area contributed by atoms with Crippen molar-refractivity contribution in [2.45, 2.75) is 30.4 Å². The number of hydrogen-bond donors (Lipinski definition) is 2. The van der Waals surface area contributed by atoms with Gasteiger partial charge >= 0.3 is 7.12 Å². The standard InChI is InChI=1S/C10H15BO2S/c1-10(2,3)14-9-6-4-5-8(7-9)11(12)13/h4-7,12-13H,1-3H3. The maximum atomic E-state index is 8.99. The summed E-state index contributed by atoms with van der Waals surface area (Å²) in [6.45, 7) is 6.37. The van der Waals surface area contributed by atoms with Gasteiger partial charge in [0.25, 0.3) is 0 Å². The van der Waals surface area contributed by atoms with Crippen molar-refractivity contribution in [3.8, 4) is 0 Å². The van der Waals surface area contributed by atoms with Crippen LogP contribution in [0.15, 0.2) is 29.2 Å². The summed E-state index contributed by atoms with van der Waals surface area (Å²) in [7, 11) is -1.38. The van der Waals surface area contributed by atoms with E-state index < -0.39 is 7.12 Å². The Morgan fingerprint density at radius 1 is 1.21 bits per heavy atom. The largest absolute Gasteiger partial charge is 0.488 e. The van der Waals surface area contributed by atoms with Crippen LogP contribution in [0.4, 0.5) is 0 Å². The van der Waals surface area contributed by atoms with Gasteiger partial charge in [-0.3, -0.25) is 0 Å². The highest BCUT2D eigenvalue weighted by Gasteiger charge is 2.15. The molecule has 76 valence electrons. The van der Waals surface area contributed by atoms with Crippen LogP contribution < -0.4 is 5.46 Å². The molecule has 0 bridgehead atoms. The highest BCUT2D eigenvalue weighted by atomic mass is 32.2. The monoisotopic (exact) mass is 210 g/mol. The van der Waals surface area contributed by atoms with E-state index in [2.05, 4.69) is 20.8 Å². The Labute approximate surface area is 89.5 Å². The molecule has 2 N–H and O–H groups in total. The summed E-state index contributed by atoms with van der Waals surface area (Å²) in [6.07, 6.45) is 0. The number of benzene rings is 1. The zero-order valence-electron chi connectivity index (χ0n) is 8.69. The summed E-state index contributed by atoms with van der Waals surface area (Å²) in [4.78, 5) is 1.06. The lowest BCUT2D eigenvalue weighted by atomic mass is 9.80. The first kappa shape index (κ1) is 11.6. The molecule has 4 heteroatoms. The van der Waals surface area contributed by atoms with Gasteiger partial charge in [0, 0.05) is 9.64 Å². The molecule has 0 saturated carbocycles. The predicted molar refractivity (Wildman–Crippen MR) is 61.9 cm³/mol. The number of thioether (sulfide) groups is 1. The fourth-order valence-electron chi connectivity index (χ4n) is 1.09. The van der Waals surface area contributed by atoms with Gasteiger partial charge in [0.2, 0.25) is 0 Å². The zero-order chi connectivity index (χ0) is 10.8. The van der Waals surface area contributed by atoms with Gasteiger partial charge in [-0.15, -0.1) is 11.8 Å². The van der Waals surface area contributed by atoms with Gasteiger partial charge in [-0.25, -0.2) is 0 Å². The van der Waals surface area contributed by atoms with Crippen LogP contribution in [0.2, 0.25) is 0 Å². The van der Waals surface area contributed by atoms with E-state index in [9.17, 15) is 0 Å². The maximum Gasteiger partial charge on any atom is 0.488 e. The van der Waals surface area contributed by atoms with E-state index in [1.165, 1.54) is 0 Å². The molecule has 0 spiro atoms. The quantitative estimate of drug-likeness (QED) is 0.570. The molecule has 0 unspecified atom stereocenters. The van der Waals surface area contributed by atoms with Crippen LogP contribution in [-0.2, 0) is 0 Å². The number of hydrogen-bond acceptors (Lipinski definition) is 3. The van der Waals surface area contributed by atoms with E-state index >= 15 is 0 Å². The van der Waals surface area contributed by atoms with E-state index in [0.29, 0.717) is 5.46 Å². The highest BCUT2D eigenvalue weighted by molar-refractivity contribution is 8.00. The van der Waals surface area contributed by atoms with Gasteiger partial charge < -0.3 is 10.0 Å². The molecule has 0 atom stereocenters. The third-order valence-corrected chi connectivity index (χ3v) is 2.68. The first-order chi connectivity index (χ1) is 6.38. The molecule has 2 nitrogen and oxygen atoms in total. The second kappa shape index (κ2) is 4.38. The topological polar surface area (TPSA) is 40.5 Å². The van der Waals surface area contributed by atoms with Crippen molar-refractivity contribution in [1.82, 2.24) is 0 Å². The minimum atomic E-state index is -1.38. The third-order valence-electron chi connectivity index (χ3n) is 1.58. The predicted octanol–water partition coefficient (Wildman–Crippen LogP) is 1.26. The molecule has 0 fully saturated rings. The molecule has 0 aliphatic rings. The molecule has 0 amide bonds. The lowest BCUT2D eigenvalue weighted by Gasteiger charge is -2.17. The molecule has 1 rings (SSSR count). The Hall–Kier alpha value is -0.445. The van der Waals surface area contributed by atoms with Crippen LogP contribution in [0, 0.1) is 0 Å². The van der Waals surface area contributed by atoms with E-state index in [-0.39, 0.29) is 4.75 Å². The Morgan fingerprint density at radius 3 is 2.36 bits per heavy atom. The fraction of sp³-hybridized carbons (Fsp3) is 0.400. The van der Waals surface area contributed by atoms with Gasteiger partial charge in [-0.2, -0.15) is 0 Å². The summed E-state index contributed by atoms with van der Waals surface area (Å²) < 4.78 is 0.138. The van der Waals surface area contributed by atoms with E-state index in [1.807, 2.05) is 12.1 Å². The minimum absolute atomic E-state index is 0.138. The van der Waals surface area contributed by atoms with Crippen molar-refractivity contribution in [2.24, 2.45) is 0 Å². The van der Waals surface area contributed by atoms with E-state index in [0.717, 1.165) is 4.90 Å². The lowest BCUT2D eigenvalue weighted by molar-refractivity contribution is 0.425. The van der Waals surface area contributed by atoms with Crippen molar-refractivity contribution >= 4 is 24.3 Å². The van der Waals surface area contributed by atoms with Crippen LogP contribution in [0.25, 0.3) is 0 Å². The minimum Gasteiger partial charge on any atom is -0.423 e. The zero-order valence-corrected chi connectivity index (χ0v) is 9.51. The average Bonchev–Trinajstić information content (AvgIpc) is 2.01. The molecule has 0 heterocycles. The van der Waals surface area contributed by atoms with E-state index in [1.54, 1.807) is 23.9 Å². The molecule has 1 aromatic rings. The molecular weight excluding hydrogens is 195 g/mol. The Bertz CT molecular complexity index is 307. The van der Waals surface area contributed by atoms with Crippen LogP contribution in [0.5, 0.6) is 0 Å². The van der Waals surface area contributed by atoms with Gasteiger partial charge in [0.1, 0.15) is 0 Å². The molecular formula is C10H15BO2S. The molecule has 0 aliphatic heterocycles. The molecule has 0 aliphatic carbocycles. The van der Waals surface area contributed by atoms with Gasteiger partial charge in [0.05, 0.1) is 0 Å². The van der Waals surface area contributed by atoms with Crippen molar-refractivity contribution in [2.75, 3.05) is 0 Å². The highest BCUT2D eigenvalue weighted by Crippen LogP contribution is 2.30. The molecule has 0 saturated heterocycles. The van der Waals surface area contributed by atoms with E-state index in [4.69, 9.17) is 10.0 Å². The second-order valence-electron chi connectivity index (χ2n) is 4.16. The molecule has 0 aromatic heterocycles. The van der Waals surface area contributed by atoms with Crippen molar-refractivity contribution in [3.63, 3.8) is 0 Å². The van der Waals surface area contributed by atoms with Gasteiger partial charge in [0.15, 0.2) is 0 Å². The Balaban J connectivity index is 2.84. The average molecular weight is 210 g/mol. The fourth-order valence-corrected chi connectivity index (χ4v) is 2.14. The van der Waals surface area contributed by atoms with Gasteiger partial charge in [-0.05, 0) is 17.6 Å². The summed E-state index contributed by atoms with van der Waals surface area (Å²) in [6, 6.07) is 7.32. The number of rotatable bonds is 2. The summed E-state index contributed by atoms with van der Waals surface area (Å²) in [5.41, 5.74) is 0.541. The summed E-state index contributed by atoms with van der Waals surface area (Å²) >= 11 is 1.71. The van der Waals surface area contributed by atoms with Gasteiger partial charge in [-0.1, -0.05) is 32.9 Å². The Morgan fingerprint density at radius 2 is 1.86 bits per heavy atom. The maximum absolute atomic E-state index is 8.99. The van der Waals surface area contributed by atoms with Crippen molar-refractivity contribution in [1.29, 1.82) is 0 Å². The smallest absolute Gasteiger partial charge is 0.423 e. The SMILES string of the molecule is CC(C)(C)Sc1cccc(B(O)O)c1. The lowest BCUT2D eigenvalue weighted by Crippen LogP contribution is -2.29. The second-order valence-corrected chi connectivity index (χ2v) is 6.06. The third kappa shape index (κ3) is 3.74. The van der Waals surface area contributed by atoms with Crippen molar-refractivity contribution < 1.29 is 10.0 Å². The Kier molecular flexibility index (Phi) is 3.64. The van der Waals surface area contributed by atoms with Crippen LogP contribution in [0.1, 0.15) is 20.8 Å². The first-order valence-electron chi connectivity index (χ1n) is 4.53. The normalized spacial score (nSPS) is 11.5. The van der Waals surface area contributed by atoms with Crippen LogP contribution in [-0.4, -0.2) is 21.9 Å². The summed E-state index contributed by atoms with van der Waals surface area (Å²) in [5, 5.41) is 18.0.